The Kier molecular flexibility index (Phi) is 6.96. The van der Waals surface area contributed by atoms with Gasteiger partial charge in [-0.1, -0.05) is 30.1 Å². The van der Waals surface area contributed by atoms with E-state index in [0.717, 1.165) is 11.3 Å². The van der Waals surface area contributed by atoms with Crippen LogP contribution in [0.3, 0.4) is 0 Å². The van der Waals surface area contributed by atoms with Crippen LogP contribution in [0.4, 0.5) is 0 Å². The molecule has 1 saturated heterocycles. The van der Waals surface area contributed by atoms with Crippen molar-refractivity contribution in [2.75, 3.05) is 32.7 Å². The van der Waals surface area contributed by atoms with Crippen LogP contribution in [0.2, 0.25) is 10.0 Å². The van der Waals surface area contributed by atoms with Crippen LogP contribution in [0.1, 0.15) is 27.2 Å². The largest absolute Gasteiger partial charge is 0.346 e. The molecule has 0 unspecified atom stereocenters. The highest BCUT2D eigenvalue weighted by molar-refractivity contribution is 7.89. The summed E-state index contributed by atoms with van der Waals surface area (Å²) in [4.78, 5) is 13.4. The fourth-order valence-electron chi connectivity index (χ4n) is 2.74. The first-order chi connectivity index (χ1) is 12.0. The number of carbonyl (C=O) groups is 1. The maximum Gasteiger partial charge on any atom is 0.275 e. The van der Waals surface area contributed by atoms with Crippen LogP contribution in [0.5, 0.6) is 0 Å². The summed E-state index contributed by atoms with van der Waals surface area (Å²) in [5.74, 6) is -0.00681. The van der Waals surface area contributed by atoms with E-state index in [1.54, 1.807) is 0 Å². The summed E-state index contributed by atoms with van der Waals surface area (Å²) in [5, 5.41) is 3.55. The Balaban J connectivity index is 1.95. The Labute approximate surface area is 165 Å². The summed E-state index contributed by atoms with van der Waals surface area (Å²) in [6, 6.07) is 4.32. The van der Waals surface area contributed by atoms with Crippen LogP contribution in [0, 0.1) is 0 Å². The van der Waals surface area contributed by atoms with Gasteiger partial charge in [0.25, 0.3) is 5.91 Å². The van der Waals surface area contributed by atoms with E-state index in [4.69, 9.17) is 23.2 Å². The van der Waals surface area contributed by atoms with Crippen LogP contribution in [0.15, 0.2) is 23.1 Å². The Morgan fingerprint density at radius 1 is 1.23 bits per heavy atom. The third-order valence-corrected chi connectivity index (χ3v) is 7.36. The molecule has 9 heteroatoms. The zero-order valence-electron chi connectivity index (χ0n) is 15.3. The van der Waals surface area contributed by atoms with Crippen molar-refractivity contribution in [3.05, 3.63) is 28.2 Å². The summed E-state index contributed by atoms with van der Waals surface area (Å²) >= 11 is 11.8. The zero-order chi connectivity index (χ0) is 19.5. The van der Waals surface area contributed by atoms with Gasteiger partial charge in [-0.3, -0.25) is 4.79 Å². The molecule has 146 valence electrons. The number of nitrogens with zero attached hydrogens (tertiary/aromatic N) is 1. The predicted molar refractivity (Wildman–Crippen MR) is 103 cm³/mol. The van der Waals surface area contributed by atoms with Crippen molar-refractivity contribution in [1.82, 2.24) is 9.62 Å². The third-order valence-electron chi connectivity index (χ3n) is 4.73. The van der Waals surface area contributed by atoms with Crippen molar-refractivity contribution >= 4 is 39.1 Å². The smallest absolute Gasteiger partial charge is 0.275 e. The van der Waals surface area contributed by atoms with Gasteiger partial charge < -0.3 is 10.2 Å². The summed E-state index contributed by atoms with van der Waals surface area (Å²) in [6.07, 6.45) is 0.851. The standard InChI is InChI=1S/C17H25Cl2N3O3S/c1-4-17(2,3)20-16(23)12-21-7-9-22(10-8-21)26(24,25)13-5-6-14(18)15(19)11-13/h5-6,11H,4,7-10,12H2,1-3H3,(H,20,23)/p+1. The van der Waals surface area contributed by atoms with Crippen molar-refractivity contribution in [2.24, 2.45) is 0 Å². The second kappa shape index (κ2) is 8.44. The molecular weight excluding hydrogens is 397 g/mol. The van der Waals surface area contributed by atoms with Gasteiger partial charge in [0.2, 0.25) is 10.0 Å². The first-order valence-corrected chi connectivity index (χ1v) is 10.8. The number of carbonyl (C=O) groups excluding carboxylic acids is 1. The fraction of sp³-hybridized carbons (Fsp3) is 0.588. The Bertz CT molecular complexity index is 761. The summed E-state index contributed by atoms with van der Waals surface area (Å²) in [7, 11) is -3.61. The van der Waals surface area contributed by atoms with E-state index in [-0.39, 0.29) is 21.4 Å². The van der Waals surface area contributed by atoms with Gasteiger partial charge in [-0.05, 0) is 38.5 Å². The third kappa shape index (κ3) is 5.33. The minimum atomic E-state index is -3.61. The highest BCUT2D eigenvalue weighted by Crippen LogP contribution is 2.26. The summed E-state index contributed by atoms with van der Waals surface area (Å²) in [5.41, 5.74) is -0.227. The molecule has 1 aromatic carbocycles. The number of sulfonamides is 1. The minimum absolute atomic E-state index is 0.00681. The molecule has 1 aromatic rings. The predicted octanol–water partition coefficient (Wildman–Crippen LogP) is 1.19. The zero-order valence-corrected chi connectivity index (χ0v) is 17.6. The Morgan fingerprint density at radius 3 is 2.38 bits per heavy atom. The first kappa shape index (κ1) is 21.4. The molecule has 0 bridgehead atoms. The van der Waals surface area contributed by atoms with E-state index < -0.39 is 10.0 Å². The number of amides is 1. The lowest BCUT2D eigenvalue weighted by Crippen LogP contribution is -3.16. The molecule has 6 nitrogen and oxygen atoms in total. The molecule has 26 heavy (non-hydrogen) atoms. The van der Waals surface area contributed by atoms with Gasteiger partial charge in [0, 0.05) is 5.54 Å². The Hall–Kier alpha value is -0.860. The Morgan fingerprint density at radius 2 is 1.85 bits per heavy atom. The fourth-order valence-corrected chi connectivity index (χ4v) is 4.57. The number of nitrogens with one attached hydrogen (secondary N) is 2. The normalized spacial score (nSPS) is 17.3. The van der Waals surface area contributed by atoms with E-state index in [2.05, 4.69) is 5.32 Å². The van der Waals surface area contributed by atoms with Gasteiger partial charge in [0.1, 0.15) is 0 Å². The van der Waals surface area contributed by atoms with E-state index in [1.165, 1.54) is 22.5 Å². The van der Waals surface area contributed by atoms with Crippen molar-refractivity contribution in [3.8, 4) is 0 Å². The van der Waals surface area contributed by atoms with Gasteiger partial charge in [0.05, 0.1) is 41.1 Å². The van der Waals surface area contributed by atoms with E-state index in [0.29, 0.717) is 37.7 Å². The SMILES string of the molecule is CCC(C)(C)NC(=O)C[NH+]1CCN(S(=O)(=O)c2ccc(Cl)c(Cl)c2)CC1. The van der Waals surface area contributed by atoms with Crippen molar-refractivity contribution in [1.29, 1.82) is 0 Å². The number of hydrogen-bond acceptors (Lipinski definition) is 3. The molecule has 1 heterocycles. The number of quaternary nitrogens is 1. The maximum absolute atomic E-state index is 12.7. The lowest BCUT2D eigenvalue weighted by molar-refractivity contribution is -0.895. The molecular formula is C17H26Cl2N3O3S+. The number of piperazine rings is 1. The van der Waals surface area contributed by atoms with Crippen LogP contribution in [-0.2, 0) is 14.8 Å². The second-order valence-corrected chi connectivity index (χ2v) is 9.94. The van der Waals surface area contributed by atoms with Gasteiger partial charge in [-0.25, -0.2) is 8.42 Å². The molecule has 2 N–H and O–H groups in total. The van der Waals surface area contributed by atoms with Crippen molar-refractivity contribution < 1.29 is 18.1 Å². The average molecular weight is 423 g/mol. The average Bonchev–Trinajstić information content (AvgIpc) is 2.57. The molecule has 2 rings (SSSR count). The highest BCUT2D eigenvalue weighted by Gasteiger charge is 2.32. The molecule has 0 saturated carbocycles. The van der Waals surface area contributed by atoms with E-state index in [9.17, 15) is 13.2 Å². The topological polar surface area (TPSA) is 70.9 Å². The highest BCUT2D eigenvalue weighted by atomic mass is 35.5. The number of halogens is 2. The molecule has 1 amide bonds. The van der Waals surface area contributed by atoms with Crippen LogP contribution in [0.25, 0.3) is 0 Å². The quantitative estimate of drug-likeness (QED) is 0.722. The summed E-state index contributed by atoms with van der Waals surface area (Å²) in [6.45, 7) is 8.25. The van der Waals surface area contributed by atoms with Crippen LogP contribution in [-0.4, -0.2) is 56.9 Å². The van der Waals surface area contributed by atoms with E-state index >= 15 is 0 Å². The maximum atomic E-state index is 12.7. The van der Waals surface area contributed by atoms with Gasteiger partial charge in [-0.15, -0.1) is 0 Å². The number of benzene rings is 1. The molecule has 0 spiro atoms. The molecule has 1 fully saturated rings. The molecule has 0 radical (unpaired) electrons. The molecule has 1 aliphatic rings. The number of hydrogen-bond donors (Lipinski definition) is 2. The van der Waals surface area contributed by atoms with Crippen molar-refractivity contribution in [3.63, 3.8) is 0 Å². The molecule has 1 aliphatic heterocycles. The molecule has 0 atom stereocenters. The minimum Gasteiger partial charge on any atom is -0.346 e. The molecule has 0 aliphatic carbocycles. The van der Waals surface area contributed by atoms with Crippen LogP contribution < -0.4 is 10.2 Å². The van der Waals surface area contributed by atoms with Gasteiger partial charge in [-0.2, -0.15) is 4.31 Å². The number of rotatable bonds is 6. The van der Waals surface area contributed by atoms with Gasteiger partial charge >= 0.3 is 0 Å². The van der Waals surface area contributed by atoms with E-state index in [1.807, 2.05) is 20.8 Å². The lowest BCUT2D eigenvalue weighted by atomic mass is 10.0. The van der Waals surface area contributed by atoms with Gasteiger partial charge in [0.15, 0.2) is 6.54 Å². The summed E-state index contributed by atoms with van der Waals surface area (Å²) < 4.78 is 26.9. The van der Waals surface area contributed by atoms with Crippen LogP contribution >= 0.6 is 23.2 Å². The lowest BCUT2D eigenvalue weighted by Gasteiger charge is -2.32. The second-order valence-electron chi connectivity index (χ2n) is 7.19. The first-order valence-electron chi connectivity index (χ1n) is 8.65. The van der Waals surface area contributed by atoms with Crippen molar-refractivity contribution in [2.45, 2.75) is 37.6 Å². The molecule has 0 aromatic heterocycles. The monoisotopic (exact) mass is 422 g/mol.